The second kappa shape index (κ2) is 6.86. The van der Waals surface area contributed by atoms with E-state index in [2.05, 4.69) is 30.3 Å². The summed E-state index contributed by atoms with van der Waals surface area (Å²) in [5.74, 6) is 0. The molecule has 0 aromatic heterocycles. The van der Waals surface area contributed by atoms with Crippen LogP contribution in [-0.2, 0) is 0 Å². The third-order valence-corrected chi connectivity index (χ3v) is 2.49. The standard InChI is InChI=1S/C13H19N3/c1-3-8-15-9-10-16(2)13-6-4-12(11-14)5-7-13/h4-7,15H,3,8-10H2,1-2H3. The molecule has 0 aliphatic heterocycles. The summed E-state index contributed by atoms with van der Waals surface area (Å²) in [6.07, 6.45) is 1.17. The molecule has 1 aromatic rings. The highest BCUT2D eigenvalue weighted by molar-refractivity contribution is 5.48. The largest absolute Gasteiger partial charge is 0.373 e. The maximum absolute atomic E-state index is 8.69. The molecule has 86 valence electrons. The Labute approximate surface area is 97.7 Å². The van der Waals surface area contributed by atoms with E-state index >= 15 is 0 Å². The van der Waals surface area contributed by atoms with Crippen LogP contribution in [0.1, 0.15) is 18.9 Å². The van der Waals surface area contributed by atoms with Gasteiger partial charge in [-0.1, -0.05) is 6.92 Å². The Morgan fingerprint density at radius 2 is 1.94 bits per heavy atom. The minimum absolute atomic E-state index is 0.709. The average molecular weight is 217 g/mol. The summed E-state index contributed by atoms with van der Waals surface area (Å²) in [6.45, 7) is 5.20. The number of nitriles is 1. The molecule has 0 bridgehead atoms. The molecule has 0 saturated heterocycles. The smallest absolute Gasteiger partial charge is 0.0991 e. The SMILES string of the molecule is CCCNCCN(C)c1ccc(C#N)cc1. The van der Waals surface area contributed by atoms with Crippen molar-refractivity contribution in [2.75, 3.05) is 31.6 Å². The van der Waals surface area contributed by atoms with Crippen molar-refractivity contribution in [2.24, 2.45) is 0 Å². The zero-order valence-electron chi connectivity index (χ0n) is 10.0. The van der Waals surface area contributed by atoms with Crippen LogP contribution in [0, 0.1) is 11.3 Å². The molecule has 0 aliphatic rings. The summed E-state index contributed by atoms with van der Waals surface area (Å²) in [7, 11) is 2.06. The molecular formula is C13H19N3. The number of hydrogen-bond donors (Lipinski definition) is 1. The molecule has 3 heteroatoms. The normalized spacial score (nSPS) is 9.81. The van der Waals surface area contributed by atoms with Gasteiger partial charge in [-0.05, 0) is 37.2 Å². The first-order chi connectivity index (χ1) is 7.77. The number of benzene rings is 1. The lowest BCUT2D eigenvalue weighted by atomic mass is 10.2. The lowest BCUT2D eigenvalue weighted by molar-refractivity contribution is 0.666. The molecule has 1 aromatic carbocycles. The maximum atomic E-state index is 8.69. The van der Waals surface area contributed by atoms with Gasteiger partial charge in [-0.3, -0.25) is 0 Å². The second-order valence-electron chi connectivity index (χ2n) is 3.83. The topological polar surface area (TPSA) is 39.1 Å². The van der Waals surface area contributed by atoms with Crippen LogP contribution in [0.5, 0.6) is 0 Å². The lowest BCUT2D eigenvalue weighted by Crippen LogP contribution is -2.29. The summed E-state index contributed by atoms with van der Waals surface area (Å²) in [5, 5.41) is 12.1. The van der Waals surface area contributed by atoms with Crippen LogP contribution in [0.2, 0.25) is 0 Å². The predicted octanol–water partition coefficient (Wildman–Crippen LogP) is 1.99. The van der Waals surface area contributed by atoms with E-state index in [1.807, 2.05) is 24.3 Å². The van der Waals surface area contributed by atoms with Crippen molar-refractivity contribution in [3.63, 3.8) is 0 Å². The molecule has 0 atom stereocenters. The second-order valence-corrected chi connectivity index (χ2v) is 3.83. The van der Waals surface area contributed by atoms with Gasteiger partial charge in [0.2, 0.25) is 0 Å². The van der Waals surface area contributed by atoms with Crippen LogP contribution in [-0.4, -0.2) is 26.7 Å². The third kappa shape index (κ3) is 3.92. The van der Waals surface area contributed by atoms with Gasteiger partial charge in [0, 0.05) is 25.8 Å². The minimum atomic E-state index is 0.709. The highest BCUT2D eigenvalue weighted by atomic mass is 15.1. The summed E-state index contributed by atoms with van der Waals surface area (Å²) < 4.78 is 0. The van der Waals surface area contributed by atoms with Crippen LogP contribution < -0.4 is 10.2 Å². The molecule has 0 unspecified atom stereocenters. The number of likely N-dealkylation sites (N-methyl/N-ethyl adjacent to an activating group) is 1. The van der Waals surface area contributed by atoms with Crippen LogP contribution in [0.15, 0.2) is 24.3 Å². The number of rotatable bonds is 6. The van der Waals surface area contributed by atoms with Gasteiger partial charge in [0.15, 0.2) is 0 Å². The summed E-state index contributed by atoms with van der Waals surface area (Å²) in [6, 6.07) is 9.80. The summed E-state index contributed by atoms with van der Waals surface area (Å²) >= 11 is 0. The van der Waals surface area contributed by atoms with Gasteiger partial charge >= 0.3 is 0 Å². The molecule has 1 N–H and O–H groups in total. The Bertz CT molecular complexity index is 337. The van der Waals surface area contributed by atoms with Gasteiger partial charge in [0.05, 0.1) is 11.6 Å². The molecule has 0 amide bonds. The zero-order chi connectivity index (χ0) is 11.8. The first-order valence-electron chi connectivity index (χ1n) is 5.70. The van der Waals surface area contributed by atoms with Crippen molar-refractivity contribution < 1.29 is 0 Å². The quantitative estimate of drug-likeness (QED) is 0.741. The monoisotopic (exact) mass is 217 g/mol. The Hall–Kier alpha value is -1.53. The minimum Gasteiger partial charge on any atom is -0.373 e. The van der Waals surface area contributed by atoms with Crippen LogP contribution >= 0.6 is 0 Å². The molecule has 1 rings (SSSR count). The van der Waals surface area contributed by atoms with Gasteiger partial charge in [0.25, 0.3) is 0 Å². The van der Waals surface area contributed by atoms with Crippen LogP contribution in [0.25, 0.3) is 0 Å². The molecule has 16 heavy (non-hydrogen) atoms. The van der Waals surface area contributed by atoms with Crippen molar-refractivity contribution in [1.82, 2.24) is 5.32 Å². The first kappa shape index (κ1) is 12.5. The highest BCUT2D eigenvalue weighted by Gasteiger charge is 1.99. The molecule has 0 fully saturated rings. The zero-order valence-corrected chi connectivity index (χ0v) is 10.0. The number of hydrogen-bond acceptors (Lipinski definition) is 3. The Morgan fingerprint density at radius 1 is 1.25 bits per heavy atom. The van der Waals surface area contributed by atoms with E-state index in [-0.39, 0.29) is 0 Å². The molecule has 0 aliphatic carbocycles. The van der Waals surface area contributed by atoms with E-state index in [0.717, 1.165) is 25.3 Å². The molecule has 0 heterocycles. The van der Waals surface area contributed by atoms with E-state index in [1.54, 1.807) is 0 Å². The van der Waals surface area contributed by atoms with Crippen molar-refractivity contribution in [1.29, 1.82) is 5.26 Å². The van der Waals surface area contributed by atoms with E-state index in [9.17, 15) is 0 Å². The number of anilines is 1. The predicted molar refractivity (Wildman–Crippen MR) is 67.6 cm³/mol. The fourth-order valence-electron chi connectivity index (χ4n) is 1.47. The molecule has 0 radical (unpaired) electrons. The highest BCUT2D eigenvalue weighted by Crippen LogP contribution is 2.12. The van der Waals surface area contributed by atoms with E-state index in [1.165, 1.54) is 6.42 Å². The van der Waals surface area contributed by atoms with Gasteiger partial charge in [-0.25, -0.2) is 0 Å². The van der Waals surface area contributed by atoms with Gasteiger partial charge in [-0.15, -0.1) is 0 Å². The fraction of sp³-hybridized carbons (Fsp3) is 0.462. The fourth-order valence-corrected chi connectivity index (χ4v) is 1.47. The molecule has 0 spiro atoms. The van der Waals surface area contributed by atoms with E-state index in [0.29, 0.717) is 5.56 Å². The average Bonchev–Trinajstić information content (AvgIpc) is 2.34. The van der Waals surface area contributed by atoms with E-state index < -0.39 is 0 Å². The van der Waals surface area contributed by atoms with Crippen LogP contribution in [0.3, 0.4) is 0 Å². The van der Waals surface area contributed by atoms with Gasteiger partial charge in [0.1, 0.15) is 0 Å². The third-order valence-electron chi connectivity index (χ3n) is 2.49. The summed E-state index contributed by atoms with van der Waals surface area (Å²) in [5.41, 5.74) is 1.86. The maximum Gasteiger partial charge on any atom is 0.0991 e. The van der Waals surface area contributed by atoms with Crippen LogP contribution in [0.4, 0.5) is 5.69 Å². The Kier molecular flexibility index (Phi) is 5.38. The van der Waals surface area contributed by atoms with Crippen molar-refractivity contribution >= 4 is 5.69 Å². The van der Waals surface area contributed by atoms with Crippen molar-refractivity contribution in [3.8, 4) is 6.07 Å². The number of nitrogens with zero attached hydrogens (tertiary/aromatic N) is 2. The molecule has 0 saturated carbocycles. The lowest BCUT2D eigenvalue weighted by Gasteiger charge is -2.19. The Morgan fingerprint density at radius 3 is 2.50 bits per heavy atom. The van der Waals surface area contributed by atoms with Gasteiger partial charge in [-0.2, -0.15) is 5.26 Å². The molecule has 3 nitrogen and oxygen atoms in total. The van der Waals surface area contributed by atoms with Crippen molar-refractivity contribution in [2.45, 2.75) is 13.3 Å². The number of nitrogens with one attached hydrogen (secondary N) is 1. The van der Waals surface area contributed by atoms with Crippen molar-refractivity contribution in [3.05, 3.63) is 29.8 Å². The first-order valence-corrected chi connectivity index (χ1v) is 5.70. The summed E-state index contributed by atoms with van der Waals surface area (Å²) in [4.78, 5) is 2.18. The van der Waals surface area contributed by atoms with E-state index in [4.69, 9.17) is 5.26 Å². The van der Waals surface area contributed by atoms with Gasteiger partial charge < -0.3 is 10.2 Å². The Balaban J connectivity index is 2.40. The molecular weight excluding hydrogens is 198 g/mol.